The number of halogens is 2. The highest BCUT2D eigenvalue weighted by Crippen LogP contribution is 2.29. The highest BCUT2D eigenvalue weighted by molar-refractivity contribution is 14.1. The third-order valence-electron chi connectivity index (χ3n) is 2.54. The largest absolute Gasteiger partial charge is 0.398 e. The van der Waals surface area contributed by atoms with Crippen molar-refractivity contribution >= 4 is 28.3 Å². The van der Waals surface area contributed by atoms with E-state index in [0.717, 1.165) is 3.57 Å². The summed E-state index contributed by atoms with van der Waals surface area (Å²) in [5.41, 5.74) is 7.02. The van der Waals surface area contributed by atoms with Crippen LogP contribution in [0.5, 0.6) is 0 Å². The smallest absolute Gasteiger partial charge is 0.129 e. The first-order valence-electron chi connectivity index (χ1n) is 5.07. The minimum Gasteiger partial charge on any atom is -0.398 e. The van der Waals surface area contributed by atoms with Crippen molar-refractivity contribution in [1.29, 1.82) is 0 Å². The summed E-state index contributed by atoms with van der Waals surface area (Å²) in [6.07, 6.45) is -1.04. The molecule has 4 heteroatoms. The highest BCUT2D eigenvalue weighted by atomic mass is 127. The standard InChI is InChI=1S/C13H11FINO/c14-11-4-2-1-3-9(11)13(17)10-7-8(15)5-6-12(10)16/h1-7,13,17H,16H2/t13-/m0/s1. The van der Waals surface area contributed by atoms with Crippen LogP contribution in [0.15, 0.2) is 42.5 Å². The molecule has 3 N–H and O–H groups in total. The first-order chi connectivity index (χ1) is 8.09. The van der Waals surface area contributed by atoms with Gasteiger partial charge in [0.15, 0.2) is 0 Å². The molecule has 0 spiro atoms. The lowest BCUT2D eigenvalue weighted by Crippen LogP contribution is -2.06. The van der Waals surface area contributed by atoms with Crippen LogP contribution in [0, 0.1) is 9.39 Å². The number of benzene rings is 2. The molecule has 0 unspecified atom stereocenters. The molecule has 2 aromatic carbocycles. The molecule has 2 aromatic rings. The Labute approximate surface area is 112 Å². The number of hydrogen-bond acceptors (Lipinski definition) is 2. The monoisotopic (exact) mass is 343 g/mol. The van der Waals surface area contributed by atoms with Crippen molar-refractivity contribution in [1.82, 2.24) is 0 Å². The van der Waals surface area contributed by atoms with Crippen LogP contribution in [0.3, 0.4) is 0 Å². The molecule has 17 heavy (non-hydrogen) atoms. The fraction of sp³-hybridized carbons (Fsp3) is 0.0769. The van der Waals surface area contributed by atoms with Crippen molar-refractivity contribution < 1.29 is 9.50 Å². The summed E-state index contributed by atoms with van der Waals surface area (Å²) in [6, 6.07) is 11.5. The van der Waals surface area contributed by atoms with Gasteiger partial charge in [0.05, 0.1) is 0 Å². The zero-order valence-corrected chi connectivity index (χ0v) is 11.1. The maximum Gasteiger partial charge on any atom is 0.129 e. The Hall–Kier alpha value is -1.14. The number of aliphatic hydroxyl groups excluding tert-OH is 1. The second-order valence-corrected chi connectivity index (χ2v) is 4.94. The number of rotatable bonds is 2. The lowest BCUT2D eigenvalue weighted by Gasteiger charge is -2.14. The Bertz CT molecular complexity index is 545. The van der Waals surface area contributed by atoms with Gasteiger partial charge < -0.3 is 10.8 Å². The van der Waals surface area contributed by atoms with Gasteiger partial charge in [-0.15, -0.1) is 0 Å². The average molecular weight is 343 g/mol. The molecule has 0 bridgehead atoms. The van der Waals surface area contributed by atoms with Gasteiger partial charge >= 0.3 is 0 Å². The molecule has 0 aliphatic heterocycles. The molecule has 0 radical (unpaired) electrons. The predicted octanol–water partition coefficient (Wildman–Crippen LogP) is 3.09. The van der Waals surface area contributed by atoms with Gasteiger partial charge in [-0.1, -0.05) is 18.2 Å². The van der Waals surface area contributed by atoms with Gasteiger partial charge in [-0.25, -0.2) is 4.39 Å². The third kappa shape index (κ3) is 2.58. The fourth-order valence-corrected chi connectivity index (χ4v) is 2.16. The van der Waals surface area contributed by atoms with Crippen LogP contribution in [-0.2, 0) is 0 Å². The fourth-order valence-electron chi connectivity index (χ4n) is 1.65. The van der Waals surface area contributed by atoms with Crippen LogP contribution in [0.1, 0.15) is 17.2 Å². The Morgan fingerprint density at radius 3 is 2.53 bits per heavy atom. The van der Waals surface area contributed by atoms with Crippen molar-refractivity contribution in [2.75, 3.05) is 5.73 Å². The molecule has 1 atom stereocenters. The topological polar surface area (TPSA) is 46.2 Å². The van der Waals surface area contributed by atoms with Gasteiger partial charge in [-0.05, 0) is 46.9 Å². The third-order valence-corrected chi connectivity index (χ3v) is 3.21. The van der Waals surface area contributed by atoms with E-state index in [1.807, 2.05) is 6.07 Å². The van der Waals surface area contributed by atoms with Crippen LogP contribution < -0.4 is 5.73 Å². The Kier molecular flexibility index (Phi) is 3.63. The maximum atomic E-state index is 13.6. The van der Waals surface area contributed by atoms with Crippen LogP contribution in [0.4, 0.5) is 10.1 Å². The number of nitrogen functional groups attached to an aromatic ring is 1. The molecule has 0 aliphatic carbocycles. The minimum atomic E-state index is -1.04. The summed E-state index contributed by atoms with van der Waals surface area (Å²) in [7, 11) is 0. The van der Waals surface area contributed by atoms with Crippen molar-refractivity contribution in [3.63, 3.8) is 0 Å². The lowest BCUT2D eigenvalue weighted by atomic mass is 10.00. The summed E-state index contributed by atoms with van der Waals surface area (Å²) in [5, 5.41) is 10.2. The van der Waals surface area contributed by atoms with Gasteiger partial charge in [-0.2, -0.15) is 0 Å². The molecule has 0 aromatic heterocycles. The summed E-state index contributed by atoms with van der Waals surface area (Å²) < 4.78 is 14.5. The highest BCUT2D eigenvalue weighted by Gasteiger charge is 2.17. The van der Waals surface area contributed by atoms with Crippen LogP contribution in [0.2, 0.25) is 0 Å². The van der Waals surface area contributed by atoms with Crippen LogP contribution in [-0.4, -0.2) is 5.11 Å². The van der Waals surface area contributed by atoms with E-state index in [0.29, 0.717) is 11.3 Å². The zero-order chi connectivity index (χ0) is 12.4. The van der Waals surface area contributed by atoms with E-state index in [4.69, 9.17) is 5.73 Å². The Morgan fingerprint density at radius 1 is 1.12 bits per heavy atom. The van der Waals surface area contributed by atoms with E-state index in [1.165, 1.54) is 6.07 Å². The molecule has 0 aliphatic rings. The van der Waals surface area contributed by atoms with Gasteiger partial charge in [0.25, 0.3) is 0 Å². The molecular weight excluding hydrogens is 332 g/mol. The quantitative estimate of drug-likeness (QED) is 0.650. The van der Waals surface area contributed by atoms with E-state index in [-0.39, 0.29) is 5.56 Å². The van der Waals surface area contributed by atoms with Crippen molar-refractivity contribution in [3.05, 3.63) is 63.0 Å². The van der Waals surface area contributed by atoms with Gasteiger partial charge in [0, 0.05) is 20.4 Å². The second kappa shape index (κ2) is 5.01. The van der Waals surface area contributed by atoms with Crippen molar-refractivity contribution in [2.45, 2.75) is 6.10 Å². The number of nitrogens with two attached hydrogens (primary N) is 1. The van der Waals surface area contributed by atoms with E-state index in [9.17, 15) is 9.50 Å². The number of hydrogen-bond donors (Lipinski definition) is 2. The SMILES string of the molecule is Nc1ccc(I)cc1[C@@H](O)c1ccccc1F. The molecule has 0 amide bonds. The molecular formula is C13H11FINO. The molecule has 0 fully saturated rings. The minimum absolute atomic E-state index is 0.237. The summed E-state index contributed by atoms with van der Waals surface area (Å²) in [6.45, 7) is 0. The van der Waals surface area contributed by atoms with E-state index in [2.05, 4.69) is 22.6 Å². The Morgan fingerprint density at radius 2 is 1.82 bits per heavy atom. The molecule has 2 nitrogen and oxygen atoms in total. The second-order valence-electron chi connectivity index (χ2n) is 3.70. The summed E-state index contributed by atoms with van der Waals surface area (Å²) in [4.78, 5) is 0. The van der Waals surface area contributed by atoms with Gasteiger partial charge in [-0.3, -0.25) is 0 Å². The molecule has 0 heterocycles. The molecule has 0 saturated carbocycles. The normalized spacial score (nSPS) is 12.4. The van der Waals surface area contributed by atoms with Gasteiger partial charge in [0.2, 0.25) is 0 Å². The zero-order valence-electron chi connectivity index (χ0n) is 8.90. The van der Waals surface area contributed by atoms with E-state index in [1.54, 1.807) is 30.3 Å². The van der Waals surface area contributed by atoms with Gasteiger partial charge in [0.1, 0.15) is 11.9 Å². The predicted molar refractivity (Wildman–Crippen MR) is 74.0 cm³/mol. The number of aliphatic hydroxyl groups is 1. The maximum absolute atomic E-state index is 13.6. The first kappa shape index (κ1) is 12.3. The summed E-state index contributed by atoms with van der Waals surface area (Å²) in [5.74, 6) is -0.432. The molecule has 88 valence electrons. The van der Waals surface area contributed by atoms with Crippen molar-refractivity contribution in [3.8, 4) is 0 Å². The first-order valence-corrected chi connectivity index (χ1v) is 6.15. The van der Waals surface area contributed by atoms with E-state index < -0.39 is 11.9 Å². The van der Waals surface area contributed by atoms with Crippen molar-refractivity contribution in [2.24, 2.45) is 0 Å². The average Bonchev–Trinajstić information content (AvgIpc) is 2.32. The number of anilines is 1. The molecule has 0 saturated heterocycles. The summed E-state index contributed by atoms with van der Waals surface area (Å²) >= 11 is 2.12. The molecule has 2 rings (SSSR count). The van der Waals surface area contributed by atoms with Crippen LogP contribution in [0.25, 0.3) is 0 Å². The van der Waals surface area contributed by atoms with Crippen LogP contribution >= 0.6 is 22.6 Å². The Balaban J connectivity index is 2.47. The van der Waals surface area contributed by atoms with E-state index >= 15 is 0 Å². The lowest BCUT2D eigenvalue weighted by molar-refractivity contribution is 0.215.